The van der Waals surface area contributed by atoms with Crippen LogP contribution in [-0.2, 0) is 0 Å². The molecule has 2 N–H and O–H groups in total. The minimum Gasteiger partial charge on any atom is -0.396 e. The minimum atomic E-state index is -0.524. The number of hydrogen-bond donors (Lipinski definition) is 1. The van der Waals surface area contributed by atoms with Crippen molar-refractivity contribution >= 4 is 27.5 Å². The zero-order valence-corrected chi connectivity index (χ0v) is 13.7. The van der Waals surface area contributed by atoms with E-state index in [0.717, 1.165) is 13.0 Å². The van der Waals surface area contributed by atoms with E-state index in [-0.39, 0.29) is 11.6 Å². The van der Waals surface area contributed by atoms with Crippen LogP contribution in [0.2, 0.25) is 0 Å². The summed E-state index contributed by atoms with van der Waals surface area (Å²) in [5.74, 6) is -0.656. The van der Waals surface area contributed by atoms with Gasteiger partial charge in [-0.3, -0.25) is 4.79 Å². The van der Waals surface area contributed by atoms with Crippen molar-refractivity contribution in [2.45, 2.75) is 13.3 Å². The molecule has 0 saturated carbocycles. The average molecular weight is 346 g/mol. The molecule has 0 bridgehead atoms. The number of hydrogen-bond acceptors (Lipinski definition) is 3. The van der Waals surface area contributed by atoms with E-state index in [1.807, 2.05) is 25.9 Å². The van der Waals surface area contributed by atoms with E-state index in [1.165, 1.54) is 12.1 Å². The molecular formula is C14H21BrFN3O. The quantitative estimate of drug-likeness (QED) is 0.806. The van der Waals surface area contributed by atoms with Gasteiger partial charge in [0.1, 0.15) is 5.82 Å². The van der Waals surface area contributed by atoms with Gasteiger partial charge in [-0.15, -0.1) is 0 Å². The summed E-state index contributed by atoms with van der Waals surface area (Å²) in [4.78, 5) is 16.3. The first-order valence-corrected chi connectivity index (χ1v) is 7.34. The Hall–Kier alpha value is -1.14. The van der Waals surface area contributed by atoms with Gasteiger partial charge in [0.05, 0.1) is 11.3 Å². The second kappa shape index (κ2) is 7.59. The van der Waals surface area contributed by atoms with Crippen LogP contribution in [0.25, 0.3) is 0 Å². The number of carbonyl (C=O) groups is 1. The number of carbonyl (C=O) groups excluding carboxylic acids is 1. The molecule has 112 valence electrons. The smallest absolute Gasteiger partial charge is 0.255 e. The molecule has 0 radical (unpaired) electrons. The first kappa shape index (κ1) is 16.9. The Morgan fingerprint density at radius 2 is 1.95 bits per heavy atom. The van der Waals surface area contributed by atoms with Crippen molar-refractivity contribution in [3.05, 3.63) is 28.0 Å². The highest BCUT2D eigenvalue weighted by atomic mass is 79.9. The van der Waals surface area contributed by atoms with Crippen LogP contribution in [0.4, 0.5) is 10.1 Å². The Morgan fingerprint density at radius 3 is 2.50 bits per heavy atom. The third kappa shape index (κ3) is 4.45. The zero-order valence-electron chi connectivity index (χ0n) is 12.1. The van der Waals surface area contributed by atoms with Gasteiger partial charge in [-0.2, -0.15) is 0 Å². The molecule has 4 nitrogen and oxygen atoms in total. The van der Waals surface area contributed by atoms with Gasteiger partial charge < -0.3 is 15.5 Å². The monoisotopic (exact) mass is 345 g/mol. The highest BCUT2D eigenvalue weighted by Crippen LogP contribution is 2.24. The third-order valence-corrected chi connectivity index (χ3v) is 3.57. The van der Waals surface area contributed by atoms with Crippen LogP contribution >= 0.6 is 15.9 Å². The second-order valence-corrected chi connectivity index (χ2v) is 5.80. The molecule has 0 saturated heterocycles. The predicted octanol–water partition coefficient (Wildman–Crippen LogP) is 2.58. The van der Waals surface area contributed by atoms with E-state index >= 15 is 0 Å². The Balaban J connectivity index is 2.96. The van der Waals surface area contributed by atoms with E-state index in [4.69, 9.17) is 5.73 Å². The fraction of sp³-hybridized carbons (Fsp3) is 0.500. The minimum absolute atomic E-state index is 0.0133. The fourth-order valence-corrected chi connectivity index (χ4v) is 2.29. The lowest BCUT2D eigenvalue weighted by molar-refractivity contribution is 0.0744. The molecule has 20 heavy (non-hydrogen) atoms. The largest absolute Gasteiger partial charge is 0.396 e. The van der Waals surface area contributed by atoms with Crippen molar-refractivity contribution in [2.75, 3.05) is 39.5 Å². The third-order valence-electron chi connectivity index (χ3n) is 2.91. The van der Waals surface area contributed by atoms with E-state index in [1.54, 1.807) is 4.90 Å². The Kier molecular flexibility index (Phi) is 6.42. The lowest BCUT2D eigenvalue weighted by atomic mass is 10.1. The molecule has 0 aromatic heterocycles. The number of anilines is 1. The van der Waals surface area contributed by atoms with Crippen LogP contribution in [0.5, 0.6) is 0 Å². The maximum absolute atomic E-state index is 13.3. The number of nitrogens with two attached hydrogens (primary N) is 1. The number of nitrogen functional groups attached to an aromatic ring is 1. The van der Waals surface area contributed by atoms with Crippen LogP contribution in [0, 0.1) is 5.82 Å². The number of rotatable bonds is 6. The van der Waals surface area contributed by atoms with Gasteiger partial charge >= 0.3 is 0 Å². The highest BCUT2D eigenvalue weighted by Gasteiger charge is 2.19. The molecule has 0 heterocycles. The van der Waals surface area contributed by atoms with Gasteiger partial charge in [0.25, 0.3) is 5.91 Å². The molecule has 0 aliphatic rings. The SMILES string of the molecule is CCCN(CCN(C)C)C(=O)c1cc(N)c(F)cc1Br. The van der Waals surface area contributed by atoms with Gasteiger partial charge in [0, 0.05) is 24.1 Å². The molecule has 1 aromatic rings. The molecule has 0 spiro atoms. The van der Waals surface area contributed by atoms with E-state index < -0.39 is 5.82 Å². The topological polar surface area (TPSA) is 49.6 Å². The zero-order chi connectivity index (χ0) is 15.3. The average Bonchev–Trinajstić information content (AvgIpc) is 2.37. The number of benzene rings is 1. The molecular weight excluding hydrogens is 325 g/mol. The van der Waals surface area contributed by atoms with Crippen molar-refractivity contribution in [1.82, 2.24) is 9.80 Å². The molecule has 1 aromatic carbocycles. The summed E-state index contributed by atoms with van der Waals surface area (Å²) in [6, 6.07) is 2.62. The number of halogens is 2. The van der Waals surface area contributed by atoms with Gasteiger partial charge in [-0.1, -0.05) is 6.92 Å². The van der Waals surface area contributed by atoms with Gasteiger partial charge in [0.2, 0.25) is 0 Å². The first-order valence-electron chi connectivity index (χ1n) is 6.55. The van der Waals surface area contributed by atoms with E-state index in [0.29, 0.717) is 23.1 Å². The Morgan fingerprint density at radius 1 is 1.30 bits per heavy atom. The summed E-state index contributed by atoms with van der Waals surface area (Å²) in [6.07, 6.45) is 0.869. The molecule has 0 unspecified atom stereocenters. The second-order valence-electron chi connectivity index (χ2n) is 4.95. The molecule has 0 aliphatic carbocycles. The highest BCUT2D eigenvalue weighted by molar-refractivity contribution is 9.10. The van der Waals surface area contributed by atoms with Crippen LogP contribution in [-0.4, -0.2) is 49.4 Å². The van der Waals surface area contributed by atoms with Gasteiger partial charge in [-0.25, -0.2) is 4.39 Å². The molecule has 0 aliphatic heterocycles. The van der Waals surface area contributed by atoms with E-state index in [9.17, 15) is 9.18 Å². The van der Waals surface area contributed by atoms with Crippen LogP contribution in [0.3, 0.4) is 0 Å². The molecule has 1 rings (SSSR count). The summed E-state index contributed by atoms with van der Waals surface area (Å²) in [6.45, 7) is 4.09. The van der Waals surface area contributed by atoms with Crippen molar-refractivity contribution in [1.29, 1.82) is 0 Å². The van der Waals surface area contributed by atoms with Crippen LogP contribution in [0.15, 0.2) is 16.6 Å². The van der Waals surface area contributed by atoms with Crippen molar-refractivity contribution < 1.29 is 9.18 Å². The van der Waals surface area contributed by atoms with E-state index in [2.05, 4.69) is 15.9 Å². The van der Waals surface area contributed by atoms with Gasteiger partial charge in [0.15, 0.2) is 0 Å². The fourth-order valence-electron chi connectivity index (χ4n) is 1.81. The predicted molar refractivity (Wildman–Crippen MR) is 83.3 cm³/mol. The summed E-state index contributed by atoms with van der Waals surface area (Å²) < 4.78 is 13.8. The summed E-state index contributed by atoms with van der Waals surface area (Å²) in [5, 5.41) is 0. The Bertz CT molecular complexity index is 480. The number of nitrogens with zero attached hydrogens (tertiary/aromatic N) is 2. The molecule has 0 fully saturated rings. The van der Waals surface area contributed by atoms with Crippen LogP contribution < -0.4 is 5.73 Å². The van der Waals surface area contributed by atoms with Gasteiger partial charge in [-0.05, 0) is 48.6 Å². The number of likely N-dealkylation sites (N-methyl/N-ethyl adjacent to an activating group) is 1. The standard InChI is InChI=1S/C14H21BrFN3O/c1-4-5-19(7-6-18(2)3)14(20)10-8-13(17)12(16)9-11(10)15/h8-9H,4-7,17H2,1-3H3. The lowest BCUT2D eigenvalue weighted by Crippen LogP contribution is -2.37. The maximum atomic E-state index is 13.3. The summed E-state index contributed by atoms with van der Waals surface area (Å²) in [5.41, 5.74) is 5.93. The molecule has 6 heteroatoms. The summed E-state index contributed by atoms with van der Waals surface area (Å²) >= 11 is 3.23. The van der Waals surface area contributed by atoms with Crippen molar-refractivity contribution in [3.8, 4) is 0 Å². The molecule has 1 amide bonds. The van der Waals surface area contributed by atoms with Crippen molar-refractivity contribution in [2.24, 2.45) is 0 Å². The Labute approximate surface area is 127 Å². The lowest BCUT2D eigenvalue weighted by Gasteiger charge is -2.24. The molecule has 0 atom stereocenters. The maximum Gasteiger partial charge on any atom is 0.255 e. The normalized spacial score (nSPS) is 10.9. The number of amides is 1. The summed E-state index contributed by atoms with van der Waals surface area (Å²) in [7, 11) is 3.92. The first-order chi connectivity index (χ1) is 9.36. The van der Waals surface area contributed by atoms with Crippen LogP contribution in [0.1, 0.15) is 23.7 Å². The van der Waals surface area contributed by atoms with Crippen molar-refractivity contribution in [3.63, 3.8) is 0 Å².